The van der Waals surface area contributed by atoms with Crippen LogP contribution >= 0.6 is 11.8 Å². The van der Waals surface area contributed by atoms with Gasteiger partial charge in [0.1, 0.15) is 11.6 Å². The Morgan fingerprint density at radius 1 is 0.970 bits per heavy atom. The van der Waals surface area contributed by atoms with Crippen molar-refractivity contribution in [1.29, 1.82) is 0 Å². The summed E-state index contributed by atoms with van der Waals surface area (Å²) in [5.74, 6) is 1.06. The van der Waals surface area contributed by atoms with Crippen LogP contribution in [-0.4, -0.2) is 18.4 Å². The Kier molecular flexibility index (Phi) is 6.12. The third kappa shape index (κ3) is 4.91. The summed E-state index contributed by atoms with van der Waals surface area (Å²) >= 11 is 1.38. The molecule has 0 unspecified atom stereocenters. The Bertz CT molecular complexity index is 1360. The first-order valence-electron chi connectivity index (χ1n) is 11.0. The first-order chi connectivity index (χ1) is 16.0. The van der Waals surface area contributed by atoms with Gasteiger partial charge in [-0.1, -0.05) is 49.2 Å². The quantitative estimate of drug-likeness (QED) is 0.321. The molecule has 0 bridgehead atoms. The van der Waals surface area contributed by atoms with Crippen molar-refractivity contribution in [3.63, 3.8) is 0 Å². The molecule has 1 heterocycles. The van der Waals surface area contributed by atoms with Crippen molar-refractivity contribution in [3.05, 3.63) is 78.4 Å². The molecule has 3 aromatic carbocycles. The van der Waals surface area contributed by atoms with E-state index >= 15 is 0 Å². The van der Waals surface area contributed by atoms with Gasteiger partial charge in [0.25, 0.3) is 10.0 Å². The van der Waals surface area contributed by atoms with Crippen LogP contribution in [-0.2, 0) is 10.0 Å². The molecule has 170 valence electrons. The zero-order chi connectivity index (χ0) is 22.8. The zero-order valence-electron chi connectivity index (χ0n) is 17.9. The minimum absolute atomic E-state index is 0.188. The Hall–Kier alpha value is -2.84. The summed E-state index contributed by atoms with van der Waals surface area (Å²) in [7, 11) is -3.78. The van der Waals surface area contributed by atoms with Gasteiger partial charge in [0.2, 0.25) is 0 Å². The van der Waals surface area contributed by atoms with E-state index in [-0.39, 0.29) is 10.7 Å². The number of benzene rings is 3. The van der Waals surface area contributed by atoms with Gasteiger partial charge in [0, 0.05) is 15.7 Å². The third-order valence-electron chi connectivity index (χ3n) is 5.93. The molecule has 1 aliphatic rings. The van der Waals surface area contributed by atoms with Gasteiger partial charge < -0.3 is 4.98 Å². The van der Waals surface area contributed by atoms with Crippen LogP contribution in [0.25, 0.3) is 11.0 Å². The lowest BCUT2D eigenvalue weighted by atomic mass is 9.89. The molecule has 0 spiro atoms. The van der Waals surface area contributed by atoms with Crippen molar-refractivity contribution in [1.82, 2.24) is 9.97 Å². The van der Waals surface area contributed by atoms with Gasteiger partial charge in [-0.15, -0.1) is 0 Å². The number of hydrogen-bond acceptors (Lipinski definition) is 4. The summed E-state index contributed by atoms with van der Waals surface area (Å²) < 4.78 is 42.2. The van der Waals surface area contributed by atoms with Gasteiger partial charge in [-0.05, 0) is 61.4 Å². The molecule has 1 saturated carbocycles. The Balaban J connectivity index is 1.55. The summed E-state index contributed by atoms with van der Waals surface area (Å²) in [5, 5.41) is 0. The highest BCUT2D eigenvalue weighted by atomic mass is 32.2. The second-order valence-electron chi connectivity index (χ2n) is 8.30. The van der Waals surface area contributed by atoms with E-state index in [0.717, 1.165) is 34.6 Å². The summed E-state index contributed by atoms with van der Waals surface area (Å²) in [5.41, 5.74) is 2.04. The average Bonchev–Trinajstić information content (AvgIpc) is 3.24. The number of halogens is 1. The second kappa shape index (κ2) is 9.19. The highest BCUT2D eigenvalue weighted by molar-refractivity contribution is 7.99. The molecule has 33 heavy (non-hydrogen) atoms. The molecule has 0 atom stereocenters. The van der Waals surface area contributed by atoms with Crippen molar-refractivity contribution < 1.29 is 12.8 Å². The smallest absolute Gasteiger partial charge is 0.261 e. The molecule has 2 N–H and O–H groups in total. The van der Waals surface area contributed by atoms with E-state index < -0.39 is 10.0 Å². The number of aromatic nitrogens is 2. The largest absolute Gasteiger partial charge is 0.342 e. The third-order valence-corrected chi connectivity index (χ3v) is 8.38. The number of anilines is 1. The maximum atomic E-state index is 13.4. The molecule has 0 amide bonds. The van der Waals surface area contributed by atoms with Crippen LogP contribution in [0, 0.1) is 5.82 Å². The molecule has 5 rings (SSSR count). The number of nitrogens with zero attached hydrogens (tertiary/aromatic N) is 1. The Morgan fingerprint density at radius 2 is 1.70 bits per heavy atom. The first-order valence-corrected chi connectivity index (χ1v) is 13.3. The van der Waals surface area contributed by atoms with Crippen LogP contribution in [0.3, 0.4) is 0 Å². The van der Waals surface area contributed by atoms with Crippen molar-refractivity contribution in [2.45, 2.75) is 52.7 Å². The molecule has 0 saturated heterocycles. The topological polar surface area (TPSA) is 74.8 Å². The maximum absolute atomic E-state index is 13.4. The van der Waals surface area contributed by atoms with E-state index in [4.69, 9.17) is 4.98 Å². The second-order valence-corrected chi connectivity index (χ2v) is 11.1. The molecule has 1 aliphatic carbocycles. The van der Waals surface area contributed by atoms with Gasteiger partial charge in [0.15, 0.2) is 0 Å². The SMILES string of the molecule is O=S(=O)(Nc1cc2nc(C3CCCCC3)[nH]c2cc1Sc1ccc(F)cc1)c1ccccc1. The lowest BCUT2D eigenvalue weighted by Gasteiger charge is -2.18. The highest BCUT2D eigenvalue weighted by Crippen LogP contribution is 2.38. The fourth-order valence-electron chi connectivity index (χ4n) is 4.22. The average molecular weight is 482 g/mol. The monoisotopic (exact) mass is 481 g/mol. The summed E-state index contributed by atoms with van der Waals surface area (Å²) in [6.07, 6.45) is 5.90. The number of sulfonamides is 1. The number of hydrogen-bond donors (Lipinski definition) is 2. The normalized spacial score (nSPS) is 15.1. The fraction of sp³-hybridized carbons (Fsp3) is 0.240. The van der Waals surface area contributed by atoms with E-state index in [1.165, 1.54) is 43.2 Å². The van der Waals surface area contributed by atoms with E-state index in [1.54, 1.807) is 48.5 Å². The van der Waals surface area contributed by atoms with E-state index in [0.29, 0.717) is 16.5 Å². The van der Waals surface area contributed by atoms with Crippen LogP contribution in [0.5, 0.6) is 0 Å². The molecule has 4 aromatic rings. The number of H-pyrrole nitrogens is 1. The van der Waals surface area contributed by atoms with Crippen LogP contribution in [0.4, 0.5) is 10.1 Å². The van der Waals surface area contributed by atoms with Crippen LogP contribution in [0.2, 0.25) is 0 Å². The van der Waals surface area contributed by atoms with Crippen molar-refractivity contribution in [2.24, 2.45) is 0 Å². The Labute approximate surface area is 196 Å². The van der Waals surface area contributed by atoms with Crippen molar-refractivity contribution in [2.75, 3.05) is 4.72 Å². The van der Waals surface area contributed by atoms with Gasteiger partial charge in [-0.2, -0.15) is 0 Å². The number of rotatable bonds is 6. The van der Waals surface area contributed by atoms with E-state index in [1.807, 2.05) is 6.07 Å². The summed E-state index contributed by atoms with van der Waals surface area (Å²) in [4.78, 5) is 9.98. The van der Waals surface area contributed by atoms with Crippen molar-refractivity contribution >= 4 is 38.5 Å². The Morgan fingerprint density at radius 3 is 2.42 bits per heavy atom. The number of aromatic amines is 1. The van der Waals surface area contributed by atoms with Crippen LogP contribution in [0.15, 0.2) is 81.4 Å². The molecule has 1 aromatic heterocycles. The predicted molar refractivity (Wildman–Crippen MR) is 130 cm³/mol. The number of fused-ring (bicyclic) bond motifs is 1. The molecule has 0 radical (unpaired) electrons. The molecule has 0 aliphatic heterocycles. The number of nitrogens with one attached hydrogen (secondary N) is 2. The predicted octanol–water partition coefficient (Wildman–Crippen LogP) is 6.70. The zero-order valence-corrected chi connectivity index (χ0v) is 19.6. The van der Waals surface area contributed by atoms with Crippen molar-refractivity contribution in [3.8, 4) is 0 Å². The maximum Gasteiger partial charge on any atom is 0.261 e. The molecular formula is C25H24FN3O2S2. The highest BCUT2D eigenvalue weighted by Gasteiger charge is 2.21. The lowest BCUT2D eigenvalue weighted by Crippen LogP contribution is -2.13. The minimum Gasteiger partial charge on any atom is -0.342 e. The van der Waals surface area contributed by atoms with Gasteiger partial charge >= 0.3 is 0 Å². The van der Waals surface area contributed by atoms with E-state index in [2.05, 4.69) is 9.71 Å². The standard InChI is InChI=1S/C25H24FN3O2S2/c26-18-11-13-19(14-12-18)32-24-16-22-21(27-25(28-22)17-7-3-1-4-8-17)15-23(24)29-33(30,31)20-9-5-2-6-10-20/h2,5-6,9-17,29H,1,3-4,7-8H2,(H,27,28). The van der Waals surface area contributed by atoms with Gasteiger partial charge in [-0.25, -0.2) is 17.8 Å². The first kappa shape index (κ1) is 22.0. The van der Waals surface area contributed by atoms with Gasteiger partial charge in [0.05, 0.1) is 21.6 Å². The van der Waals surface area contributed by atoms with Crippen LogP contribution < -0.4 is 4.72 Å². The fourth-order valence-corrected chi connectivity index (χ4v) is 6.30. The molecule has 1 fully saturated rings. The van der Waals surface area contributed by atoms with E-state index in [9.17, 15) is 12.8 Å². The van der Waals surface area contributed by atoms with Crippen LogP contribution in [0.1, 0.15) is 43.8 Å². The number of imidazole rings is 1. The lowest BCUT2D eigenvalue weighted by molar-refractivity contribution is 0.431. The van der Waals surface area contributed by atoms with Gasteiger partial charge in [-0.3, -0.25) is 4.72 Å². The summed E-state index contributed by atoms with van der Waals surface area (Å²) in [6, 6.07) is 18.1. The molecule has 5 nitrogen and oxygen atoms in total. The minimum atomic E-state index is -3.78. The summed E-state index contributed by atoms with van der Waals surface area (Å²) in [6.45, 7) is 0. The molecule has 8 heteroatoms. The molecular weight excluding hydrogens is 457 g/mol.